The number of nitrogens with zero attached hydrogens (tertiary/aromatic N) is 1. The van der Waals surface area contributed by atoms with Gasteiger partial charge in [-0.2, -0.15) is 0 Å². The van der Waals surface area contributed by atoms with Gasteiger partial charge in [-0.15, -0.1) is 0 Å². The molecule has 20 heavy (non-hydrogen) atoms. The summed E-state index contributed by atoms with van der Waals surface area (Å²) >= 11 is 11.6. The largest absolute Gasteiger partial charge is 0.478 e. The average molecular weight is 310 g/mol. The number of aromatic carboxylic acids is 1. The molecule has 0 heterocycles. The molecule has 0 saturated carbocycles. The lowest BCUT2D eigenvalue weighted by Crippen LogP contribution is -1.96. The van der Waals surface area contributed by atoms with Gasteiger partial charge < -0.3 is 9.94 Å². The van der Waals surface area contributed by atoms with E-state index in [0.29, 0.717) is 21.4 Å². The van der Waals surface area contributed by atoms with Gasteiger partial charge in [0.05, 0.1) is 11.8 Å². The first-order valence-corrected chi connectivity index (χ1v) is 6.30. The Morgan fingerprint density at radius 3 is 2.25 bits per heavy atom. The molecular weight excluding hydrogens is 301 g/mol. The topological polar surface area (TPSA) is 58.9 Å². The predicted octanol–water partition coefficient (Wildman–Crippen LogP) is 4.10. The standard InChI is InChI=1S/C14H9Cl2NO3/c15-11-5-12(16)7-13(6-11)20-17-8-9-1-3-10(4-2-9)14(18)19/h1-8H,(H,18,19)/b17-8+. The van der Waals surface area contributed by atoms with E-state index in [9.17, 15) is 4.79 Å². The molecule has 0 fully saturated rings. The first kappa shape index (κ1) is 14.4. The molecule has 2 aromatic rings. The summed E-state index contributed by atoms with van der Waals surface area (Å²) in [6, 6.07) is 11.0. The molecule has 0 aliphatic carbocycles. The lowest BCUT2D eigenvalue weighted by atomic mass is 10.1. The van der Waals surface area contributed by atoms with Gasteiger partial charge in [-0.05, 0) is 23.8 Å². The molecule has 4 nitrogen and oxygen atoms in total. The second-order valence-electron chi connectivity index (χ2n) is 3.86. The molecule has 0 spiro atoms. The first-order valence-electron chi connectivity index (χ1n) is 5.54. The summed E-state index contributed by atoms with van der Waals surface area (Å²) in [5, 5.41) is 13.5. The molecule has 0 radical (unpaired) electrons. The summed E-state index contributed by atoms with van der Waals surface area (Å²) in [4.78, 5) is 15.8. The van der Waals surface area contributed by atoms with Gasteiger partial charge in [0.1, 0.15) is 0 Å². The van der Waals surface area contributed by atoms with E-state index in [1.165, 1.54) is 18.3 Å². The lowest BCUT2D eigenvalue weighted by molar-refractivity contribution is 0.0697. The highest BCUT2D eigenvalue weighted by atomic mass is 35.5. The molecule has 0 saturated heterocycles. The summed E-state index contributed by atoms with van der Waals surface area (Å²) in [5.41, 5.74) is 0.924. The van der Waals surface area contributed by atoms with Crippen LogP contribution >= 0.6 is 23.2 Å². The number of carboxylic acid groups (broad SMARTS) is 1. The quantitative estimate of drug-likeness (QED) is 0.683. The Labute approximate surface area is 125 Å². The third kappa shape index (κ3) is 3.98. The lowest BCUT2D eigenvalue weighted by Gasteiger charge is -2.00. The number of oxime groups is 1. The van der Waals surface area contributed by atoms with Crippen LogP contribution in [0, 0.1) is 0 Å². The SMILES string of the molecule is O=C(O)c1ccc(/C=N/Oc2cc(Cl)cc(Cl)c2)cc1. The van der Waals surface area contributed by atoms with Gasteiger partial charge in [0.25, 0.3) is 0 Å². The predicted molar refractivity (Wildman–Crippen MR) is 78.1 cm³/mol. The summed E-state index contributed by atoms with van der Waals surface area (Å²) < 4.78 is 0. The second-order valence-corrected chi connectivity index (χ2v) is 4.73. The van der Waals surface area contributed by atoms with E-state index in [0.717, 1.165) is 0 Å². The van der Waals surface area contributed by atoms with Crippen molar-refractivity contribution >= 4 is 35.4 Å². The molecule has 102 valence electrons. The minimum atomic E-state index is -0.974. The molecule has 0 atom stereocenters. The fourth-order valence-corrected chi connectivity index (χ4v) is 1.95. The van der Waals surface area contributed by atoms with Crippen molar-refractivity contribution in [2.75, 3.05) is 0 Å². The van der Waals surface area contributed by atoms with Crippen molar-refractivity contribution < 1.29 is 14.7 Å². The molecule has 1 N–H and O–H groups in total. The van der Waals surface area contributed by atoms with Crippen LogP contribution < -0.4 is 4.84 Å². The van der Waals surface area contributed by atoms with Gasteiger partial charge >= 0.3 is 5.97 Å². The van der Waals surface area contributed by atoms with Crippen LogP contribution in [-0.4, -0.2) is 17.3 Å². The molecule has 6 heteroatoms. The number of halogens is 2. The van der Waals surface area contributed by atoms with Crippen LogP contribution in [0.5, 0.6) is 5.75 Å². The highest BCUT2D eigenvalue weighted by Gasteiger charge is 2.01. The normalized spacial score (nSPS) is 10.7. The van der Waals surface area contributed by atoms with Crippen molar-refractivity contribution in [3.63, 3.8) is 0 Å². The van der Waals surface area contributed by atoms with E-state index in [1.54, 1.807) is 30.3 Å². The fraction of sp³-hybridized carbons (Fsp3) is 0. The summed E-state index contributed by atoms with van der Waals surface area (Å²) in [6.07, 6.45) is 1.46. The maximum Gasteiger partial charge on any atom is 0.335 e. The third-order valence-electron chi connectivity index (χ3n) is 2.35. The second kappa shape index (κ2) is 6.41. The van der Waals surface area contributed by atoms with Gasteiger partial charge in [-0.1, -0.05) is 40.5 Å². The number of carboxylic acids is 1. The minimum absolute atomic E-state index is 0.213. The monoisotopic (exact) mass is 309 g/mol. The number of carbonyl (C=O) groups is 1. The number of benzene rings is 2. The summed E-state index contributed by atoms with van der Waals surface area (Å²) in [7, 11) is 0. The van der Waals surface area contributed by atoms with Crippen molar-refractivity contribution in [3.05, 3.63) is 63.6 Å². The number of rotatable bonds is 4. The van der Waals surface area contributed by atoms with E-state index in [-0.39, 0.29) is 5.56 Å². The van der Waals surface area contributed by atoms with E-state index < -0.39 is 5.97 Å². The molecular formula is C14H9Cl2NO3. The van der Waals surface area contributed by atoms with Crippen molar-refractivity contribution in [1.29, 1.82) is 0 Å². The van der Waals surface area contributed by atoms with E-state index in [4.69, 9.17) is 33.1 Å². The minimum Gasteiger partial charge on any atom is -0.478 e. The van der Waals surface area contributed by atoms with Crippen LogP contribution in [0.3, 0.4) is 0 Å². The highest BCUT2D eigenvalue weighted by molar-refractivity contribution is 6.34. The van der Waals surface area contributed by atoms with E-state index in [1.807, 2.05) is 0 Å². The first-order chi connectivity index (χ1) is 9.54. The Morgan fingerprint density at radius 2 is 1.70 bits per heavy atom. The van der Waals surface area contributed by atoms with Crippen LogP contribution in [0.2, 0.25) is 10.0 Å². The average Bonchev–Trinajstić information content (AvgIpc) is 2.38. The molecule has 0 aromatic heterocycles. The van der Waals surface area contributed by atoms with Crippen molar-refractivity contribution in [2.24, 2.45) is 5.16 Å². The Balaban J connectivity index is 2.04. The summed E-state index contributed by atoms with van der Waals surface area (Å²) in [5.74, 6) is -0.556. The van der Waals surface area contributed by atoms with Crippen LogP contribution in [-0.2, 0) is 0 Å². The van der Waals surface area contributed by atoms with Crippen molar-refractivity contribution in [2.45, 2.75) is 0 Å². The molecule has 0 aliphatic rings. The van der Waals surface area contributed by atoms with Gasteiger partial charge in [0.2, 0.25) is 0 Å². The van der Waals surface area contributed by atoms with Crippen LogP contribution in [0.15, 0.2) is 47.6 Å². The molecule has 0 bridgehead atoms. The van der Waals surface area contributed by atoms with Gasteiger partial charge in [-0.3, -0.25) is 0 Å². The maximum atomic E-state index is 10.7. The van der Waals surface area contributed by atoms with Crippen LogP contribution in [0.25, 0.3) is 0 Å². The molecule has 2 aromatic carbocycles. The van der Waals surface area contributed by atoms with Gasteiger partial charge in [-0.25, -0.2) is 4.79 Å². The third-order valence-corrected chi connectivity index (χ3v) is 2.79. The molecule has 2 rings (SSSR count). The Kier molecular flexibility index (Phi) is 4.61. The highest BCUT2D eigenvalue weighted by Crippen LogP contribution is 2.24. The fourth-order valence-electron chi connectivity index (χ4n) is 1.44. The van der Waals surface area contributed by atoms with E-state index in [2.05, 4.69) is 5.16 Å². The zero-order chi connectivity index (χ0) is 14.5. The van der Waals surface area contributed by atoms with Gasteiger partial charge in [0.15, 0.2) is 5.75 Å². The van der Waals surface area contributed by atoms with Crippen molar-refractivity contribution in [1.82, 2.24) is 0 Å². The van der Waals surface area contributed by atoms with E-state index >= 15 is 0 Å². The molecule has 0 aliphatic heterocycles. The zero-order valence-electron chi connectivity index (χ0n) is 10.1. The molecule has 0 unspecified atom stereocenters. The Bertz CT molecular complexity index is 634. The smallest absolute Gasteiger partial charge is 0.335 e. The van der Waals surface area contributed by atoms with Crippen LogP contribution in [0.4, 0.5) is 0 Å². The van der Waals surface area contributed by atoms with Gasteiger partial charge in [0, 0.05) is 22.2 Å². The number of hydrogen-bond donors (Lipinski definition) is 1. The summed E-state index contributed by atoms with van der Waals surface area (Å²) in [6.45, 7) is 0. The maximum absolute atomic E-state index is 10.7. The Morgan fingerprint density at radius 1 is 1.10 bits per heavy atom. The molecule has 0 amide bonds. The van der Waals surface area contributed by atoms with Crippen molar-refractivity contribution in [3.8, 4) is 5.75 Å². The Hall–Kier alpha value is -2.04. The van der Waals surface area contributed by atoms with Crippen LogP contribution in [0.1, 0.15) is 15.9 Å². The number of hydrogen-bond acceptors (Lipinski definition) is 3. The zero-order valence-corrected chi connectivity index (χ0v) is 11.6.